The van der Waals surface area contributed by atoms with Gasteiger partial charge in [-0.1, -0.05) is 66.7 Å². The first-order valence-electron chi connectivity index (χ1n) is 9.18. The predicted molar refractivity (Wildman–Crippen MR) is 110 cm³/mol. The molecule has 1 heterocycles. The van der Waals surface area contributed by atoms with E-state index < -0.39 is 7.41 Å². The average molecular weight is 426 g/mol. The second-order valence-corrected chi connectivity index (χ2v) is 10.2. The van der Waals surface area contributed by atoms with E-state index in [1.54, 1.807) is 0 Å². The van der Waals surface area contributed by atoms with Crippen LogP contribution in [0, 0.1) is 0 Å². The molecule has 1 aliphatic heterocycles. The maximum absolute atomic E-state index is 2.81. The van der Waals surface area contributed by atoms with Gasteiger partial charge in [0.15, 0.2) is 7.41 Å². The Bertz CT molecular complexity index is 747. The third-order valence-corrected chi connectivity index (χ3v) is 9.68. The highest BCUT2D eigenvalue weighted by molar-refractivity contribution is 7.86. The van der Waals surface area contributed by atoms with Gasteiger partial charge in [-0.15, -0.1) is 0 Å². The quantitative estimate of drug-likeness (QED) is 0.564. The zero-order valence-corrected chi connectivity index (χ0v) is 17.4. The fraction of sp³-hybridized carbons (Fsp3) is 0.217. The van der Waals surface area contributed by atoms with E-state index in [0.29, 0.717) is 0 Å². The van der Waals surface area contributed by atoms with Crippen molar-refractivity contribution in [2.75, 3.05) is 13.1 Å². The normalized spacial score (nSPS) is 14.8. The number of hydrogen-bond donors (Lipinski definition) is 0. The van der Waals surface area contributed by atoms with E-state index in [1.807, 2.05) is 0 Å². The van der Waals surface area contributed by atoms with Crippen LogP contribution in [0.25, 0.3) is 0 Å². The third-order valence-electron chi connectivity index (χ3n) is 5.19. The van der Waals surface area contributed by atoms with Crippen molar-refractivity contribution in [2.24, 2.45) is 0 Å². The Morgan fingerprint density at radius 2 is 1.04 bits per heavy atom. The van der Waals surface area contributed by atoms with Crippen molar-refractivity contribution in [3.05, 3.63) is 96.6 Å². The fourth-order valence-corrected chi connectivity index (χ4v) is 8.55. The Hall–Kier alpha value is -1.47. The summed E-state index contributed by atoms with van der Waals surface area (Å²) in [5, 5.41) is 3.01. The molecule has 0 spiro atoms. The van der Waals surface area contributed by atoms with Crippen LogP contribution in [0.3, 0.4) is 0 Å². The van der Waals surface area contributed by atoms with Crippen LogP contribution in [0.2, 0.25) is 0 Å². The molecule has 1 saturated heterocycles. The van der Waals surface area contributed by atoms with Crippen molar-refractivity contribution >= 4 is 18.0 Å². The summed E-state index contributed by atoms with van der Waals surface area (Å²) < 4.78 is 2.81. The summed E-state index contributed by atoms with van der Waals surface area (Å²) in [7, 11) is -1.64. The predicted octanol–water partition coefficient (Wildman–Crippen LogP) is 1.87. The van der Waals surface area contributed by atoms with E-state index in [9.17, 15) is 0 Å². The maximum atomic E-state index is 2.81. The summed E-state index contributed by atoms with van der Waals surface area (Å²) in [5.74, 6) is 0. The molecule has 4 rings (SSSR count). The highest BCUT2D eigenvalue weighted by Gasteiger charge is 2.49. The smallest absolute Gasteiger partial charge is 0.153 e. The third kappa shape index (κ3) is 3.78. The molecule has 134 valence electrons. The van der Waals surface area contributed by atoms with Crippen molar-refractivity contribution in [1.82, 2.24) is 4.67 Å². The lowest BCUT2D eigenvalue weighted by atomic mass is 10.2. The first kappa shape index (κ1) is 19.3. The molecule has 1 fully saturated rings. The van der Waals surface area contributed by atoms with Gasteiger partial charge in [-0.25, -0.2) is 0 Å². The van der Waals surface area contributed by atoms with Gasteiger partial charge in [0.1, 0.15) is 16.8 Å². The van der Waals surface area contributed by atoms with Gasteiger partial charge >= 0.3 is 0 Å². The molecule has 3 heteroatoms. The van der Waals surface area contributed by atoms with Gasteiger partial charge in [0, 0.05) is 13.1 Å². The van der Waals surface area contributed by atoms with Gasteiger partial charge in [0.05, 0.1) is 0 Å². The minimum Gasteiger partial charge on any atom is -1.00 e. The lowest BCUT2D eigenvalue weighted by Gasteiger charge is -2.34. The topological polar surface area (TPSA) is 3.24 Å². The van der Waals surface area contributed by atoms with Gasteiger partial charge in [-0.3, -0.25) is 0 Å². The Morgan fingerprint density at radius 1 is 0.615 bits per heavy atom. The summed E-state index contributed by atoms with van der Waals surface area (Å²) >= 11 is 0. The molecule has 3 aromatic rings. The van der Waals surface area contributed by atoms with E-state index >= 15 is 0 Å². The van der Waals surface area contributed by atoms with Crippen LogP contribution >= 0.6 is 7.41 Å². The molecule has 0 bridgehead atoms. The second-order valence-electron chi connectivity index (χ2n) is 6.75. The number of halogens is 1. The summed E-state index contributed by atoms with van der Waals surface area (Å²) in [4.78, 5) is 0. The molecular formula is C23H25BrNP. The molecule has 0 aromatic heterocycles. The van der Waals surface area contributed by atoms with Crippen LogP contribution in [0.1, 0.15) is 18.4 Å². The monoisotopic (exact) mass is 425 g/mol. The molecule has 0 atom stereocenters. The first-order chi connectivity index (χ1) is 12.4. The van der Waals surface area contributed by atoms with Crippen molar-refractivity contribution in [1.29, 1.82) is 0 Å². The molecule has 26 heavy (non-hydrogen) atoms. The Kier molecular flexibility index (Phi) is 6.64. The lowest BCUT2D eigenvalue weighted by molar-refractivity contribution is -0.00000500. The molecule has 0 saturated carbocycles. The minimum absolute atomic E-state index is 0. The molecule has 0 unspecified atom stereocenters. The molecule has 3 aromatic carbocycles. The van der Waals surface area contributed by atoms with Crippen LogP contribution in [0.4, 0.5) is 0 Å². The van der Waals surface area contributed by atoms with Crippen LogP contribution in [0.5, 0.6) is 0 Å². The zero-order valence-electron chi connectivity index (χ0n) is 15.0. The molecule has 0 N–H and O–H groups in total. The summed E-state index contributed by atoms with van der Waals surface area (Å²) in [6, 6.07) is 33.5. The number of benzene rings is 3. The fourth-order valence-electron chi connectivity index (χ4n) is 4.00. The van der Waals surface area contributed by atoms with Crippen LogP contribution in [-0.2, 0) is 6.16 Å². The first-order valence-corrected chi connectivity index (χ1v) is 11.1. The SMILES string of the molecule is [Br-].c1ccc(C[P+](c2ccccc2)(c2ccccc2)N2CCCC2)cc1. The van der Waals surface area contributed by atoms with Gasteiger partial charge in [-0.05, 0) is 42.7 Å². The lowest BCUT2D eigenvalue weighted by Crippen LogP contribution is -3.00. The van der Waals surface area contributed by atoms with Gasteiger partial charge in [0.25, 0.3) is 0 Å². The molecular weight excluding hydrogens is 401 g/mol. The van der Waals surface area contributed by atoms with Crippen molar-refractivity contribution in [2.45, 2.75) is 19.0 Å². The largest absolute Gasteiger partial charge is 1.00 e. The zero-order chi connectivity index (χ0) is 17.0. The molecule has 0 radical (unpaired) electrons. The molecule has 1 nitrogen and oxygen atoms in total. The van der Waals surface area contributed by atoms with Gasteiger partial charge in [0.2, 0.25) is 0 Å². The van der Waals surface area contributed by atoms with E-state index in [-0.39, 0.29) is 17.0 Å². The number of rotatable bonds is 5. The Labute approximate surface area is 168 Å². The highest BCUT2D eigenvalue weighted by Crippen LogP contribution is 2.63. The number of nitrogens with zero attached hydrogens (tertiary/aromatic N) is 1. The van der Waals surface area contributed by atoms with E-state index in [1.165, 1.54) is 42.1 Å². The van der Waals surface area contributed by atoms with Gasteiger partial charge < -0.3 is 17.0 Å². The van der Waals surface area contributed by atoms with Crippen molar-refractivity contribution in [3.63, 3.8) is 0 Å². The minimum atomic E-state index is -1.64. The highest BCUT2D eigenvalue weighted by atomic mass is 79.9. The molecule has 0 aliphatic carbocycles. The van der Waals surface area contributed by atoms with Crippen molar-refractivity contribution < 1.29 is 17.0 Å². The maximum Gasteiger partial charge on any atom is 0.153 e. The second kappa shape index (κ2) is 8.95. The Balaban J connectivity index is 0.00000196. The van der Waals surface area contributed by atoms with E-state index in [2.05, 4.69) is 95.7 Å². The molecule has 0 amide bonds. The van der Waals surface area contributed by atoms with Crippen LogP contribution in [0.15, 0.2) is 91.0 Å². The number of hydrogen-bond acceptors (Lipinski definition) is 1. The van der Waals surface area contributed by atoms with E-state index in [4.69, 9.17) is 0 Å². The summed E-state index contributed by atoms with van der Waals surface area (Å²) in [6.45, 7) is 2.43. The summed E-state index contributed by atoms with van der Waals surface area (Å²) in [5.41, 5.74) is 1.44. The molecule has 1 aliphatic rings. The standard InChI is InChI=1S/C23H25NP.BrH/c1-4-12-21(13-5-1)20-25(24-18-10-11-19-24,22-14-6-2-7-15-22)23-16-8-3-9-17-23;/h1-9,12-17H,10-11,18-20H2;1H/q+1;/p-1. The van der Waals surface area contributed by atoms with Gasteiger partial charge in [-0.2, -0.15) is 4.67 Å². The summed E-state index contributed by atoms with van der Waals surface area (Å²) in [6.07, 6.45) is 3.74. The van der Waals surface area contributed by atoms with Crippen molar-refractivity contribution in [3.8, 4) is 0 Å². The average Bonchev–Trinajstić information content (AvgIpc) is 3.23. The Morgan fingerprint density at radius 3 is 1.50 bits per heavy atom. The van der Waals surface area contributed by atoms with Crippen LogP contribution < -0.4 is 27.6 Å². The van der Waals surface area contributed by atoms with E-state index in [0.717, 1.165) is 6.16 Å². The van der Waals surface area contributed by atoms with Crippen LogP contribution in [-0.4, -0.2) is 17.8 Å².